The average molecular weight is 298 g/mol. The molecule has 0 spiro atoms. The molecule has 3 aromatic rings. The van der Waals surface area contributed by atoms with Crippen LogP contribution in [0.1, 0.15) is 29.6 Å². The van der Waals surface area contributed by atoms with Crippen molar-refractivity contribution < 1.29 is 0 Å². The van der Waals surface area contributed by atoms with E-state index in [1.54, 1.807) is 17.5 Å². The van der Waals surface area contributed by atoms with E-state index in [0.717, 1.165) is 40.4 Å². The first-order valence-corrected chi connectivity index (χ1v) is 7.97. The van der Waals surface area contributed by atoms with E-state index in [2.05, 4.69) is 36.3 Å². The van der Waals surface area contributed by atoms with Gasteiger partial charge < -0.3 is 5.32 Å². The number of anilines is 1. The summed E-state index contributed by atoms with van der Waals surface area (Å²) < 4.78 is 0. The van der Waals surface area contributed by atoms with Crippen LogP contribution in [0.4, 0.5) is 5.82 Å². The van der Waals surface area contributed by atoms with Gasteiger partial charge in [0, 0.05) is 30.2 Å². The van der Waals surface area contributed by atoms with E-state index >= 15 is 0 Å². The molecule has 0 bridgehead atoms. The maximum Gasteiger partial charge on any atom is 0.138 e. The molecule has 3 heterocycles. The number of nitrogens with one attached hydrogen (secondary N) is 1. The van der Waals surface area contributed by atoms with Crippen molar-refractivity contribution in [1.82, 2.24) is 15.0 Å². The quantitative estimate of drug-likeness (QED) is 0.778. The summed E-state index contributed by atoms with van der Waals surface area (Å²) in [6, 6.07) is 6.16. The van der Waals surface area contributed by atoms with E-state index in [-0.39, 0.29) is 0 Å². The number of fused-ring (bicyclic) bond motifs is 1. The van der Waals surface area contributed by atoms with Crippen molar-refractivity contribution in [3.05, 3.63) is 46.9 Å². The van der Waals surface area contributed by atoms with Crippen LogP contribution in [0, 0.1) is 6.92 Å². The zero-order chi connectivity index (χ0) is 14.7. The zero-order valence-corrected chi connectivity index (χ0v) is 13.1. The first kappa shape index (κ1) is 13.9. The lowest BCUT2D eigenvalue weighted by Gasteiger charge is -2.08. The maximum absolute atomic E-state index is 4.70. The third kappa shape index (κ3) is 3.19. The summed E-state index contributed by atoms with van der Waals surface area (Å²) in [6.45, 7) is 5.19. The lowest BCUT2D eigenvalue weighted by Crippen LogP contribution is -2.06. The van der Waals surface area contributed by atoms with Gasteiger partial charge in [0.15, 0.2) is 0 Å². The van der Waals surface area contributed by atoms with Gasteiger partial charge in [0.05, 0.1) is 5.39 Å². The molecular formula is C16H18N4S. The Labute approximate surface area is 128 Å². The highest BCUT2D eigenvalue weighted by Crippen LogP contribution is 2.28. The second-order valence-corrected chi connectivity index (χ2v) is 6.26. The number of aryl methyl sites for hydroxylation is 1. The number of pyridine rings is 1. The minimum atomic E-state index is 0.710. The summed E-state index contributed by atoms with van der Waals surface area (Å²) in [5.41, 5.74) is 1.13. The first-order valence-electron chi connectivity index (χ1n) is 7.16. The Hall–Kier alpha value is -2.01. The summed E-state index contributed by atoms with van der Waals surface area (Å²) in [4.78, 5) is 15.9. The Balaban J connectivity index is 1.98. The highest BCUT2D eigenvalue weighted by molar-refractivity contribution is 7.18. The topological polar surface area (TPSA) is 50.7 Å². The molecule has 3 rings (SSSR count). The van der Waals surface area contributed by atoms with Crippen LogP contribution in [-0.4, -0.2) is 21.5 Å². The van der Waals surface area contributed by atoms with Crippen molar-refractivity contribution in [2.45, 2.75) is 26.7 Å². The molecule has 3 aromatic heterocycles. The molecule has 0 radical (unpaired) electrons. The first-order chi connectivity index (χ1) is 10.3. The highest BCUT2D eigenvalue weighted by atomic mass is 32.1. The van der Waals surface area contributed by atoms with Crippen molar-refractivity contribution in [2.24, 2.45) is 0 Å². The predicted octanol–water partition coefficient (Wildman–Crippen LogP) is 3.81. The molecule has 4 nitrogen and oxygen atoms in total. The Morgan fingerprint density at radius 3 is 2.95 bits per heavy atom. The molecule has 21 heavy (non-hydrogen) atoms. The fraction of sp³-hybridized carbons (Fsp3) is 0.312. The monoisotopic (exact) mass is 298 g/mol. The van der Waals surface area contributed by atoms with Gasteiger partial charge in [-0.3, -0.25) is 4.98 Å². The van der Waals surface area contributed by atoms with E-state index < -0.39 is 0 Å². The number of thiophene rings is 1. The second kappa shape index (κ2) is 6.18. The number of aromatic nitrogens is 3. The number of nitrogens with zero attached hydrogens (tertiary/aromatic N) is 3. The van der Waals surface area contributed by atoms with Gasteiger partial charge in [0.25, 0.3) is 0 Å². The summed E-state index contributed by atoms with van der Waals surface area (Å²) in [6.07, 6.45) is 5.44. The largest absolute Gasteiger partial charge is 0.369 e. The molecule has 0 aliphatic heterocycles. The molecule has 0 aliphatic carbocycles. The van der Waals surface area contributed by atoms with E-state index in [1.807, 2.05) is 12.3 Å². The van der Waals surface area contributed by atoms with Crippen molar-refractivity contribution in [1.29, 1.82) is 0 Å². The van der Waals surface area contributed by atoms with Gasteiger partial charge in [-0.15, -0.1) is 11.3 Å². The fourth-order valence-electron chi connectivity index (χ4n) is 2.23. The summed E-state index contributed by atoms with van der Waals surface area (Å²) in [5, 5.41) is 4.54. The van der Waals surface area contributed by atoms with Gasteiger partial charge in [-0.25, -0.2) is 9.97 Å². The Kier molecular flexibility index (Phi) is 4.10. The smallest absolute Gasteiger partial charge is 0.138 e. The van der Waals surface area contributed by atoms with Crippen LogP contribution in [0.25, 0.3) is 10.2 Å². The second-order valence-electron chi connectivity index (χ2n) is 5.03. The summed E-state index contributed by atoms with van der Waals surface area (Å²) in [5.74, 6) is 1.79. The molecule has 1 N–H and O–H groups in total. The van der Waals surface area contributed by atoms with E-state index in [9.17, 15) is 0 Å². The van der Waals surface area contributed by atoms with Crippen molar-refractivity contribution >= 4 is 27.4 Å². The third-order valence-electron chi connectivity index (χ3n) is 3.19. The minimum Gasteiger partial charge on any atom is -0.369 e. The van der Waals surface area contributed by atoms with E-state index in [1.165, 1.54) is 4.88 Å². The average Bonchev–Trinajstić information content (AvgIpc) is 2.86. The van der Waals surface area contributed by atoms with Crippen LogP contribution in [0.3, 0.4) is 0 Å². The van der Waals surface area contributed by atoms with Gasteiger partial charge in [-0.2, -0.15) is 0 Å². The van der Waals surface area contributed by atoms with Crippen molar-refractivity contribution in [3.8, 4) is 0 Å². The molecule has 0 atom stereocenters. The Bertz CT molecular complexity index is 737. The van der Waals surface area contributed by atoms with Crippen molar-refractivity contribution in [2.75, 3.05) is 11.9 Å². The molecule has 0 aromatic carbocycles. The van der Waals surface area contributed by atoms with Crippen LogP contribution < -0.4 is 5.32 Å². The van der Waals surface area contributed by atoms with Gasteiger partial charge in [-0.1, -0.05) is 13.0 Å². The molecule has 0 unspecified atom stereocenters. The predicted molar refractivity (Wildman–Crippen MR) is 88.0 cm³/mol. The summed E-state index contributed by atoms with van der Waals surface area (Å²) in [7, 11) is 0. The number of hydrogen-bond donors (Lipinski definition) is 1. The molecule has 108 valence electrons. The molecular weight excluding hydrogens is 280 g/mol. The fourth-order valence-corrected chi connectivity index (χ4v) is 3.13. The minimum absolute atomic E-state index is 0.710. The molecule has 0 saturated carbocycles. The van der Waals surface area contributed by atoms with Crippen LogP contribution in [0.15, 0.2) is 30.6 Å². The van der Waals surface area contributed by atoms with Gasteiger partial charge in [0.1, 0.15) is 16.5 Å². The zero-order valence-electron chi connectivity index (χ0n) is 12.3. The molecule has 0 saturated heterocycles. The maximum atomic E-state index is 4.70. The van der Waals surface area contributed by atoms with Gasteiger partial charge in [0.2, 0.25) is 0 Å². The Morgan fingerprint density at radius 1 is 1.29 bits per heavy atom. The van der Waals surface area contributed by atoms with Gasteiger partial charge >= 0.3 is 0 Å². The number of rotatable bonds is 5. The standard InChI is InChI=1S/C16H18N4S/c1-3-6-18-15-13-8-11(2)21-16(13)20-14(19-15)9-12-5-4-7-17-10-12/h4-5,7-8,10H,3,6,9H2,1-2H3,(H,18,19,20). The molecule has 0 fully saturated rings. The van der Waals surface area contributed by atoms with Crippen molar-refractivity contribution in [3.63, 3.8) is 0 Å². The lowest BCUT2D eigenvalue weighted by atomic mass is 10.2. The van der Waals surface area contributed by atoms with Gasteiger partial charge in [-0.05, 0) is 31.0 Å². The van der Waals surface area contributed by atoms with E-state index in [0.29, 0.717) is 6.42 Å². The van der Waals surface area contributed by atoms with Crippen LogP contribution >= 0.6 is 11.3 Å². The van der Waals surface area contributed by atoms with E-state index in [4.69, 9.17) is 9.97 Å². The molecule has 5 heteroatoms. The van der Waals surface area contributed by atoms with Crippen LogP contribution in [0.5, 0.6) is 0 Å². The molecule has 0 aliphatic rings. The van der Waals surface area contributed by atoms with Crippen LogP contribution in [-0.2, 0) is 6.42 Å². The summed E-state index contributed by atoms with van der Waals surface area (Å²) >= 11 is 1.72. The Morgan fingerprint density at radius 2 is 2.19 bits per heavy atom. The van der Waals surface area contributed by atoms with Crippen LogP contribution in [0.2, 0.25) is 0 Å². The normalized spacial score (nSPS) is 11.0. The molecule has 0 amide bonds. The lowest BCUT2D eigenvalue weighted by molar-refractivity contribution is 0.945. The SMILES string of the molecule is CCCNc1nc(Cc2cccnc2)nc2sc(C)cc12. The number of hydrogen-bond acceptors (Lipinski definition) is 5. The highest BCUT2D eigenvalue weighted by Gasteiger charge is 2.10. The third-order valence-corrected chi connectivity index (χ3v) is 4.13.